The van der Waals surface area contributed by atoms with Crippen molar-refractivity contribution in [2.45, 2.75) is 6.36 Å². The number of aliphatic hydroxyl groups is 1. The van der Waals surface area contributed by atoms with Gasteiger partial charge in [-0.3, -0.25) is 0 Å². The van der Waals surface area contributed by atoms with Crippen LogP contribution in [0.25, 0.3) is 0 Å². The predicted molar refractivity (Wildman–Crippen MR) is 22.2 cm³/mol. The van der Waals surface area contributed by atoms with Crippen molar-refractivity contribution < 1.29 is 13.9 Å². The molecule has 0 aromatic carbocycles. The Morgan fingerprint density at radius 3 is 2.43 bits per heavy atom. The normalized spacial score (nSPS) is 15.3. The van der Waals surface area contributed by atoms with Crippen molar-refractivity contribution >= 4 is 0 Å². The summed E-state index contributed by atoms with van der Waals surface area (Å²) in [5.74, 6) is 0. The van der Waals surface area contributed by atoms with Gasteiger partial charge in [0, 0.05) is 0 Å². The molecule has 0 heterocycles. The first-order chi connectivity index (χ1) is 3.27. The molecule has 0 aromatic rings. The molecule has 0 saturated carbocycles. The Hall–Kier alpha value is -0.440. The fraction of sp³-hybridized carbons (Fsp3) is 0.500. The van der Waals surface area contributed by atoms with Gasteiger partial charge in [-0.15, -0.1) is 0 Å². The lowest BCUT2D eigenvalue weighted by molar-refractivity contribution is 0.0879. The first kappa shape index (κ1) is 6.56. The van der Waals surface area contributed by atoms with E-state index in [9.17, 15) is 8.78 Å². The maximum atomic E-state index is 11.2. The van der Waals surface area contributed by atoms with Crippen LogP contribution in [0.5, 0.6) is 0 Å². The molecule has 1 nitrogen and oxygen atoms in total. The highest BCUT2D eigenvalue weighted by molar-refractivity contribution is 4.82. The zero-order valence-corrected chi connectivity index (χ0v) is 3.64. The number of allylic oxidation sites excluding steroid dienone is 1. The summed E-state index contributed by atoms with van der Waals surface area (Å²) in [4.78, 5) is 0. The van der Waals surface area contributed by atoms with Crippen molar-refractivity contribution in [1.29, 1.82) is 0 Å². The highest BCUT2D eigenvalue weighted by Crippen LogP contribution is 1.84. The molecule has 0 amide bonds. The van der Waals surface area contributed by atoms with Crippen LogP contribution in [0.1, 0.15) is 0 Å². The Balaban J connectivity index is 3.08. The fourth-order valence-corrected chi connectivity index (χ4v) is 0.164. The summed E-state index contributed by atoms with van der Waals surface area (Å²) in [6.07, 6.45) is -0.374. The summed E-state index contributed by atoms with van der Waals surface area (Å²) < 4.78 is 22.2. The van der Waals surface area contributed by atoms with Gasteiger partial charge >= 0.3 is 0 Å². The highest BCUT2D eigenvalue weighted by atomic mass is 19.1. The van der Waals surface area contributed by atoms with E-state index >= 15 is 0 Å². The van der Waals surface area contributed by atoms with E-state index in [1.807, 2.05) is 0 Å². The van der Waals surface area contributed by atoms with Crippen molar-refractivity contribution in [2.75, 3.05) is 6.67 Å². The summed E-state index contributed by atoms with van der Waals surface area (Å²) >= 11 is 0. The van der Waals surface area contributed by atoms with Crippen molar-refractivity contribution in [3.05, 3.63) is 12.2 Å². The number of alkyl halides is 2. The van der Waals surface area contributed by atoms with E-state index < -0.39 is 13.0 Å². The van der Waals surface area contributed by atoms with Gasteiger partial charge in [0.15, 0.2) is 0 Å². The quantitative estimate of drug-likeness (QED) is 0.519. The Kier molecular flexibility index (Phi) is 3.50. The summed E-state index contributed by atoms with van der Waals surface area (Å²) in [5.41, 5.74) is 0. The van der Waals surface area contributed by atoms with E-state index in [2.05, 4.69) is 0 Å². The van der Waals surface area contributed by atoms with E-state index in [0.29, 0.717) is 0 Å². The molecule has 1 atom stereocenters. The van der Waals surface area contributed by atoms with Crippen LogP contribution in [0.4, 0.5) is 8.78 Å². The molecule has 0 aliphatic rings. The monoisotopic (exact) mass is 108 g/mol. The predicted octanol–water partition coefficient (Wildman–Crippen LogP) is 0.800. The number of hydrogen-bond acceptors (Lipinski definition) is 1. The third kappa shape index (κ3) is 5.56. The number of halogens is 2. The topological polar surface area (TPSA) is 20.2 Å². The molecule has 3 heteroatoms. The highest BCUT2D eigenvalue weighted by Gasteiger charge is 1.85. The second kappa shape index (κ2) is 3.74. The van der Waals surface area contributed by atoms with Gasteiger partial charge < -0.3 is 5.11 Å². The molecular weight excluding hydrogens is 102 g/mol. The molecule has 1 unspecified atom stereocenters. The van der Waals surface area contributed by atoms with Gasteiger partial charge in [0.2, 0.25) is 6.36 Å². The van der Waals surface area contributed by atoms with E-state index in [4.69, 9.17) is 5.11 Å². The van der Waals surface area contributed by atoms with Crippen LogP contribution in [-0.4, -0.2) is 18.1 Å². The molecule has 0 bridgehead atoms. The second-order valence-electron chi connectivity index (χ2n) is 0.955. The smallest absolute Gasteiger partial charge is 0.215 e. The first-order valence-corrected chi connectivity index (χ1v) is 1.82. The van der Waals surface area contributed by atoms with Gasteiger partial charge in [0.25, 0.3) is 0 Å². The molecule has 0 rings (SSSR count). The van der Waals surface area contributed by atoms with Crippen LogP contribution in [0, 0.1) is 0 Å². The van der Waals surface area contributed by atoms with Crippen LogP contribution >= 0.6 is 0 Å². The largest absolute Gasteiger partial charge is 0.361 e. The van der Waals surface area contributed by atoms with Gasteiger partial charge in [-0.2, -0.15) is 0 Å². The van der Waals surface area contributed by atoms with E-state index in [1.165, 1.54) is 0 Å². The van der Waals surface area contributed by atoms with E-state index in [0.717, 1.165) is 12.2 Å². The molecule has 7 heavy (non-hydrogen) atoms. The minimum atomic E-state index is -2.02. The zero-order valence-electron chi connectivity index (χ0n) is 3.64. The molecule has 0 aliphatic heterocycles. The molecule has 0 aliphatic carbocycles. The van der Waals surface area contributed by atoms with Gasteiger partial charge in [-0.25, -0.2) is 8.78 Å². The summed E-state index contributed by atoms with van der Waals surface area (Å²) in [5, 5.41) is 7.76. The van der Waals surface area contributed by atoms with Crippen molar-refractivity contribution in [3.8, 4) is 0 Å². The van der Waals surface area contributed by atoms with Crippen molar-refractivity contribution in [3.63, 3.8) is 0 Å². The lowest BCUT2D eigenvalue weighted by atomic mass is 10.5. The Morgan fingerprint density at radius 1 is 1.71 bits per heavy atom. The Labute approximate surface area is 40.3 Å². The van der Waals surface area contributed by atoms with Crippen LogP contribution in [-0.2, 0) is 0 Å². The number of hydrogen-bond donors (Lipinski definition) is 1. The standard InChI is InChI=1S/C4H6F2O/c5-3-1-2-4(6)7/h1-2,4,7H,3H2. The molecule has 0 saturated heterocycles. The van der Waals surface area contributed by atoms with Crippen LogP contribution < -0.4 is 0 Å². The lowest BCUT2D eigenvalue weighted by Crippen LogP contribution is -1.88. The number of rotatable bonds is 2. The third-order valence-electron chi connectivity index (χ3n) is 0.384. The number of aliphatic hydroxyl groups excluding tert-OH is 1. The summed E-state index contributed by atoms with van der Waals surface area (Å²) in [6, 6.07) is 0. The van der Waals surface area contributed by atoms with E-state index in [-0.39, 0.29) is 0 Å². The van der Waals surface area contributed by atoms with E-state index in [1.54, 1.807) is 0 Å². The molecule has 42 valence electrons. The van der Waals surface area contributed by atoms with Gasteiger partial charge in [-0.05, 0) is 6.08 Å². The molecule has 0 aromatic heterocycles. The average Bonchev–Trinajstić information content (AvgIpc) is 1.61. The van der Waals surface area contributed by atoms with Crippen molar-refractivity contribution in [1.82, 2.24) is 0 Å². The average molecular weight is 108 g/mol. The maximum absolute atomic E-state index is 11.2. The van der Waals surface area contributed by atoms with Gasteiger partial charge in [0.1, 0.15) is 6.67 Å². The molecule has 1 N–H and O–H groups in total. The second-order valence-corrected chi connectivity index (χ2v) is 0.955. The van der Waals surface area contributed by atoms with Gasteiger partial charge in [-0.1, -0.05) is 6.08 Å². The molecule has 0 spiro atoms. The molecule has 0 radical (unpaired) electrons. The SMILES string of the molecule is OC(F)C=CCF. The first-order valence-electron chi connectivity index (χ1n) is 1.82. The van der Waals surface area contributed by atoms with Crippen molar-refractivity contribution in [2.24, 2.45) is 0 Å². The zero-order chi connectivity index (χ0) is 5.70. The third-order valence-corrected chi connectivity index (χ3v) is 0.384. The fourth-order valence-electron chi connectivity index (χ4n) is 0.164. The minimum absolute atomic E-state index is 0.735. The summed E-state index contributed by atoms with van der Waals surface area (Å²) in [6.45, 7) is -0.735. The van der Waals surface area contributed by atoms with Crippen LogP contribution in [0.2, 0.25) is 0 Å². The molecule has 0 fully saturated rings. The Bertz CT molecular complexity index is 60.7. The van der Waals surface area contributed by atoms with Crippen LogP contribution in [0.3, 0.4) is 0 Å². The van der Waals surface area contributed by atoms with Crippen LogP contribution in [0.15, 0.2) is 12.2 Å². The van der Waals surface area contributed by atoms with Gasteiger partial charge in [0.05, 0.1) is 0 Å². The maximum Gasteiger partial charge on any atom is 0.215 e. The Morgan fingerprint density at radius 2 is 2.29 bits per heavy atom. The molecular formula is C4H6F2O. The lowest BCUT2D eigenvalue weighted by Gasteiger charge is -1.83. The minimum Gasteiger partial charge on any atom is -0.361 e. The summed E-state index contributed by atoms with van der Waals surface area (Å²) in [7, 11) is 0.